The number of amides is 1. The summed E-state index contributed by atoms with van der Waals surface area (Å²) in [4.78, 5) is 22.2. The summed E-state index contributed by atoms with van der Waals surface area (Å²) in [6, 6.07) is 10.9. The average Bonchev–Trinajstić information content (AvgIpc) is 2.68. The highest BCUT2D eigenvalue weighted by atomic mass is 32.2. The number of rotatable bonds is 9. The predicted octanol–water partition coefficient (Wildman–Crippen LogP) is 4.02. The van der Waals surface area contributed by atoms with Crippen molar-refractivity contribution in [3.05, 3.63) is 58.6 Å². The van der Waals surface area contributed by atoms with E-state index in [1.54, 1.807) is 0 Å². The second-order valence-corrected chi connectivity index (χ2v) is 8.13. The zero-order chi connectivity index (χ0) is 21.4. The monoisotopic (exact) mass is 421 g/mol. The van der Waals surface area contributed by atoms with Crippen LogP contribution in [0, 0.1) is 10.1 Å². The van der Waals surface area contributed by atoms with Gasteiger partial charge in [-0.1, -0.05) is 13.8 Å². The van der Waals surface area contributed by atoms with Gasteiger partial charge in [-0.05, 0) is 49.2 Å². The third kappa shape index (κ3) is 6.00. The Hall–Kier alpha value is -2.98. The van der Waals surface area contributed by atoms with Crippen LogP contribution in [0.4, 0.5) is 16.2 Å². The number of nitro groups is 1. The van der Waals surface area contributed by atoms with Crippen LogP contribution in [0.2, 0.25) is 0 Å². The second-order valence-electron chi connectivity index (χ2n) is 6.19. The van der Waals surface area contributed by atoms with Crippen LogP contribution >= 0.6 is 0 Å². The van der Waals surface area contributed by atoms with E-state index in [9.17, 15) is 23.3 Å². The zero-order valence-corrected chi connectivity index (χ0v) is 17.0. The van der Waals surface area contributed by atoms with Gasteiger partial charge in [-0.25, -0.2) is 13.2 Å². The zero-order valence-electron chi connectivity index (χ0n) is 16.2. The molecule has 1 amide bonds. The lowest BCUT2D eigenvalue weighted by Crippen LogP contribution is -2.32. The number of hydrogen-bond donors (Lipinski definition) is 1. The van der Waals surface area contributed by atoms with Gasteiger partial charge in [0, 0.05) is 30.9 Å². The van der Waals surface area contributed by atoms with Crippen LogP contribution in [0.1, 0.15) is 26.7 Å². The first-order chi connectivity index (χ1) is 13.8. The number of anilines is 1. The number of non-ortho nitro benzene ring substituents is 1. The molecule has 10 heteroatoms. The van der Waals surface area contributed by atoms with E-state index in [0.717, 1.165) is 0 Å². The van der Waals surface area contributed by atoms with Crippen molar-refractivity contribution in [2.75, 3.05) is 18.4 Å². The van der Waals surface area contributed by atoms with Gasteiger partial charge in [0.2, 0.25) is 10.0 Å². The van der Waals surface area contributed by atoms with E-state index in [2.05, 4.69) is 5.32 Å². The van der Waals surface area contributed by atoms with Crippen LogP contribution in [0.15, 0.2) is 53.4 Å². The predicted molar refractivity (Wildman–Crippen MR) is 109 cm³/mol. The van der Waals surface area contributed by atoms with E-state index in [-0.39, 0.29) is 16.3 Å². The van der Waals surface area contributed by atoms with Crippen molar-refractivity contribution in [3.8, 4) is 5.75 Å². The Labute approximate surface area is 169 Å². The highest BCUT2D eigenvalue weighted by Crippen LogP contribution is 2.20. The number of benzene rings is 2. The average molecular weight is 421 g/mol. The maximum absolute atomic E-state index is 12.7. The van der Waals surface area contributed by atoms with Gasteiger partial charge in [0.05, 0.1) is 9.82 Å². The molecule has 0 atom stereocenters. The molecule has 0 bridgehead atoms. The van der Waals surface area contributed by atoms with Gasteiger partial charge in [-0.15, -0.1) is 0 Å². The molecule has 0 unspecified atom stereocenters. The van der Waals surface area contributed by atoms with Crippen LogP contribution in [0.3, 0.4) is 0 Å². The maximum atomic E-state index is 12.7. The lowest BCUT2D eigenvalue weighted by molar-refractivity contribution is -0.384. The number of hydrogen-bond acceptors (Lipinski definition) is 6. The molecule has 0 fully saturated rings. The molecule has 0 spiro atoms. The lowest BCUT2D eigenvalue weighted by Gasteiger charge is -2.21. The summed E-state index contributed by atoms with van der Waals surface area (Å²) in [6.07, 6.45) is 0.633. The molecule has 0 aromatic heterocycles. The normalized spacial score (nSPS) is 11.3. The summed E-state index contributed by atoms with van der Waals surface area (Å²) in [7, 11) is -3.60. The quantitative estimate of drug-likeness (QED) is 0.482. The first kappa shape index (κ1) is 22.3. The standard InChI is InChI=1S/C19H23N3O6S/c1-3-13-21(14-4-2)29(26,27)18-11-5-15(6-12-18)20-19(23)28-17-9-7-16(8-10-17)22(24)25/h5-12H,3-4,13-14H2,1-2H3,(H,20,23). The van der Waals surface area contributed by atoms with Gasteiger partial charge in [-0.3, -0.25) is 15.4 Å². The van der Waals surface area contributed by atoms with Crippen LogP contribution in [-0.4, -0.2) is 36.8 Å². The van der Waals surface area contributed by atoms with E-state index in [0.29, 0.717) is 31.6 Å². The number of ether oxygens (including phenoxy) is 1. The molecule has 0 aliphatic rings. The fraction of sp³-hybridized carbons (Fsp3) is 0.316. The maximum Gasteiger partial charge on any atom is 0.417 e. The van der Waals surface area contributed by atoms with Crippen LogP contribution in [-0.2, 0) is 10.0 Å². The van der Waals surface area contributed by atoms with Crippen molar-refractivity contribution >= 4 is 27.5 Å². The van der Waals surface area contributed by atoms with Gasteiger partial charge in [0.25, 0.3) is 5.69 Å². The molecule has 0 radical (unpaired) electrons. The van der Waals surface area contributed by atoms with Crippen LogP contribution < -0.4 is 10.1 Å². The summed E-state index contributed by atoms with van der Waals surface area (Å²) >= 11 is 0. The van der Waals surface area contributed by atoms with E-state index in [4.69, 9.17) is 4.74 Å². The molecule has 2 aromatic rings. The summed E-state index contributed by atoms with van der Waals surface area (Å²) < 4.78 is 32.0. The molecule has 0 saturated heterocycles. The van der Waals surface area contributed by atoms with Crippen molar-refractivity contribution in [2.24, 2.45) is 0 Å². The summed E-state index contributed by atoms with van der Waals surface area (Å²) in [5.41, 5.74) is 0.239. The lowest BCUT2D eigenvalue weighted by atomic mass is 10.3. The minimum atomic E-state index is -3.60. The Morgan fingerprint density at radius 2 is 1.59 bits per heavy atom. The highest BCUT2D eigenvalue weighted by Gasteiger charge is 2.23. The minimum Gasteiger partial charge on any atom is -0.410 e. The Morgan fingerprint density at radius 3 is 2.07 bits per heavy atom. The molecule has 0 aliphatic carbocycles. The van der Waals surface area contributed by atoms with Gasteiger partial charge in [0.1, 0.15) is 5.75 Å². The number of sulfonamides is 1. The Bertz CT molecular complexity index is 937. The summed E-state index contributed by atoms with van der Waals surface area (Å²) in [6.45, 7) is 4.72. The number of nitro benzene ring substituents is 1. The number of carbonyl (C=O) groups excluding carboxylic acids is 1. The third-order valence-electron chi connectivity index (χ3n) is 3.94. The molecule has 156 valence electrons. The van der Waals surface area contributed by atoms with Gasteiger partial charge >= 0.3 is 6.09 Å². The first-order valence-electron chi connectivity index (χ1n) is 9.11. The van der Waals surface area contributed by atoms with Gasteiger partial charge in [0.15, 0.2) is 0 Å². The Morgan fingerprint density at radius 1 is 1.03 bits per heavy atom. The molecule has 1 N–H and O–H groups in total. The Balaban J connectivity index is 2.04. The fourth-order valence-electron chi connectivity index (χ4n) is 2.60. The smallest absolute Gasteiger partial charge is 0.410 e. The molecular weight excluding hydrogens is 398 g/mol. The molecule has 2 rings (SSSR count). The van der Waals surface area contributed by atoms with Crippen molar-refractivity contribution in [2.45, 2.75) is 31.6 Å². The molecule has 0 saturated carbocycles. The molecule has 0 heterocycles. The topological polar surface area (TPSA) is 119 Å². The molecule has 9 nitrogen and oxygen atoms in total. The molecule has 29 heavy (non-hydrogen) atoms. The van der Waals surface area contributed by atoms with Gasteiger partial charge in [-0.2, -0.15) is 4.31 Å². The molecule has 0 aliphatic heterocycles. The number of nitrogens with one attached hydrogen (secondary N) is 1. The number of nitrogens with zero attached hydrogens (tertiary/aromatic N) is 2. The number of carbonyl (C=O) groups is 1. The van der Waals surface area contributed by atoms with E-state index in [1.807, 2.05) is 13.8 Å². The SMILES string of the molecule is CCCN(CCC)S(=O)(=O)c1ccc(NC(=O)Oc2ccc([N+](=O)[O-])cc2)cc1. The van der Waals surface area contributed by atoms with Crippen molar-refractivity contribution < 1.29 is 22.9 Å². The third-order valence-corrected chi connectivity index (χ3v) is 5.86. The van der Waals surface area contributed by atoms with E-state index < -0.39 is 21.0 Å². The highest BCUT2D eigenvalue weighted by molar-refractivity contribution is 7.89. The van der Waals surface area contributed by atoms with Crippen molar-refractivity contribution in [1.82, 2.24) is 4.31 Å². The molecular formula is C19H23N3O6S. The van der Waals surface area contributed by atoms with Crippen LogP contribution in [0.5, 0.6) is 5.75 Å². The molecule has 2 aromatic carbocycles. The second kappa shape index (κ2) is 9.99. The minimum absolute atomic E-state index is 0.116. The van der Waals surface area contributed by atoms with Gasteiger partial charge < -0.3 is 4.74 Å². The largest absolute Gasteiger partial charge is 0.417 e. The Kier molecular flexibility index (Phi) is 7.68. The van der Waals surface area contributed by atoms with Crippen molar-refractivity contribution in [3.63, 3.8) is 0 Å². The summed E-state index contributed by atoms with van der Waals surface area (Å²) in [5.74, 6) is 0.141. The fourth-order valence-corrected chi connectivity index (χ4v) is 4.22. The van der Waals surface area contributed by atoms with Crippen molar-refractivity contribution in [1.29, 1.82) is 0 Å². The van der Waals surface area contributed by atoms with Crippen LogP contribution in [0.25, 0.3) is 0 Å². The van der Waals surface area contributed by atoms with E-state index in [1.165, 1.54) is 52.8 Å². The first-order valence-corrected chi connectivity index (χ1v) is 10.6. The summed E-state index contributed by atoms with van der Waals surface area (Å²) in [5, 5.41) is 13.1. The van der Waals surface area contributed by atoms with E-state index >= 15 is 0 Å².